The number of nitrogens with zero attached hydrogens (tertiary/aromatic N) is 4. The van der Waals surface area contributed by atoms with E-state index in [9.17, 15) is 9.59 Å². The second-order valence-corrected chi connectivity index (χ2v) is 7.41. The SMILES string of the molecule is COc1ccc(CCNC(=O)CCn2cnc3c(cnn3-c3ccccc3)c2=O)cc1OC. The number of benzene rings is 2. The highest BCUT2D eigenvalue weighted by molar-refractivity contribution is 5.76. The van der Waals surface area contributed by atoms with Crippen LogP contribution in [0.4, 0.5) is 0 Å². The van der Waals surface area contributed by atoms with Gasteiger partial charge in [0, 0.05) is 19.5 Å². The van der Waals surface area contributed by atoms with Crippen LogP contribution in [0.25, 0.3) is 16.7 Å². The molecular formula is C24H25N5O4. The number of hydrogen-bond donors (Lipinski definition) is 1. The maximum absolute atomic E-state index is 12.8. The fourth-order valence-corrected chi connectivity index (χ4v) is 3.56. The summed E-state index contributed by atoms with van der Waals surface area (Å²) in [6.45, 7) is 0.713. The van der Waals surface area contributed by atoms with Gasteiger partial charge in [0.1, 0.15) is 5.39 Å². The van der Waals surface area contributed by atoms with Crippen LogP contribution < -0.4 is 20.3 Å². The number of methoxy groups -OCH3 is 2. The van der Waals surface area contributed by atoms with Gasteiger partial charge in [-0.05, 0) is 36.2 Å². The zero-order valence-corrected chi connectivity index (χ0v) is 18.5. The van der Waals surface area contributed by atoms with Gasteiger partial charge in [-0.1, -0.05) is 24.3 Å². The molecule has 0 unspecified atom stereocenters. The summed E-state index contributed by atoms with van der Waals surface area (Å²) >= 11 is 0. The Morgan fingerprint density at radius 3 is 2.61 bits per heavy atom. The van der Waals surface area contributed by atoms with Crippen molar-refractivity contribution in [2.75, 3.05) is 20.8 Å². The topological polar surface area (TPSA) is 100 Å². The van der Waals surface area contributed by atoms with Gasteiger partial charge in [0.25, 0.3) is 5.56 Å². The number of nitrogens with one attached hydrogen (secondary N) is 1. The predicted octanol–water partition coefficient (Wildman–Crippen LogP) is 2.35. The van der Waals surface area contributed by atoms with Crippen molar-refractivity contribution in [1.29, 1.82) is 0 Å². The third-order valence-electron chi connectivity index (χ3n) is 5.32. The smallest absolute Gasteiger partial charge is 0.264 e. The van der Waals surface area contributed by atoms with Crippen LogP contribution in [0.15, 0.2) is 65.8 Å². The van der Waals surface area contributed by atoms with Crippen molar-refractivity contribution in [2.45, 2.75) is 19.4 Å². The highest BCUT2D eigenvalue weighted by Crippen LogP contribution is 2.27. The standard InChI is InChI=1S/C24H25N5O4/c1-32-20-9-8-17(14-21(20)33-2)10-12-25-22(30)11-13-28-16-26-23-19(24(28)31)15-27-29(23)18-6-4-3-5-7-18/h3-9,14-16H,10-13H2,1-2H3,(H,25,30). The van der Waals surface area contributed by atoms with Crippen LogP contribution in [0.1, 0.15) is 12.0 Å². The average Bonchev–Trinajstić information content (AvgIpc) is 3.29. The van der Waals surface area contributed by atoms with E-state index < -0.39 is 0 Å². The van der Waals surface area contributed by atoms with E-state index in [1.807, 2.05) is 48.5 Å². The molecule has 9 heteroatoms. The molecule has 170 valence electrons. The summed E-state index contributed by atoms with van der Waals surface area (Å²) in [5, 5.41) is 7.60. The molecule has 33 heavy (non-hydrogen) atoms. The lowest BCUT2D eigenvalue weighted by Crippen LogP contribution is -2.29. The zero-order chi connectivity index (χ0) is 23.2. The van der Waals surface area contributed by atoms with Gasteiger partial charge in [-0.25, -0.2) is 9.67 Å². The van der Waals surface area contributed by atoms with Crippen molar-refractivity contribution in [3.8, 4) is 17.2 Å². The summed E-state index contributed by atoms with van der Waals surface area (Å²) in [4.78, 5) is 29.5. The molecular weight excluding hydrogens is 422 g/mol. The summed E-state index contributed by atoms with van der Waals surface area (Å²) in [7, 11) is 3.18. The van der Waals surface area contributed by atoms with E-state index in [4.69, 9.17) is 9.47 Å². The van der Waals surface area contributed by atoms with Crippen molar-refractivity contribution in [2.24, 2.45) is 0 Å². The number of ether oxygens (including phenoxy) is 2. The van der Waals surface area contributed by atoms with Gasteiger partial charge in [-0.2, -0.15) is 5.10 Å². The molecule has 4 aromatic rings. The third kappa shape index (κ3) is 4.87. The van der Waals surface area contributed by atoms with Crippen LogP contribution in [0.3, 0.4) is 0 Å². The van der Waals surface area contributed by atoms with Gasteiger partial charge in [-0.15, -0.1) is 0 Å². The Morgan fingerprint density at radius 1 is 1.06 bits per heavy atom. The first kappa shape index (κ1) is 22.1. The maximum atomic E-state index is 12.8. The lowest BCUT2D eigenvalue weighted by molar-refractivity contribution is -0.121. The monoisotopic (exact) mass is 447 g/mol. The Balaban J connectivity index is 1.34. The van der Waals surface area contributed by atoms with Gasteiger partial charge >= 0.3 is 0 Å². The molecule has 0 aliphatic carbocycles. The van der Waals surface area contributed by atoms with Crippen molar-refractivity contribution in [1.82, 2.24) is 24.6 Å². The predicted molar refractivity (Wildman–Crippen MR) is 124 cm³/mol. The molecule has 0 saturated heterocycles. The Morgan fingerprint density at radius 2 is 1.85 bits per heavy atom. The van der Waals surface area contributed by atoms with E-state index in [2.05, 4.69) is 15.4 Å². The van der Waals surface area contributed by atoms with Crippen molar-refractivity contribution in [3.05, 3.63) is 77.0 Å². The number of carbonyl (C=O) groups excluding carboxylic acids is 1. The molecule has 0 atom stereocenters. The molecule has 0 fully saturated rings. The number of aromatic nitrogens is 4. The fourth-order valence-electron chi connectivity index (χ4n) is 3.56. The fraction of sp³-hybridized carbons (Fsp3) is 0.250. The number of carbonyl (C=O) groups is 1. The molecule has 2 aromatic heterocycles. The Labute approximate surface area is 190 Å². The van der Waals surface area contributed by atoms with Crippen LogP contribution in [0.5, 0.6) is 11.5 Å². The second kappa shape index (κ2) is 9.99. The van der Waals surface area contributed by atoms with E-state index in [1.54, 1.807) is 18.9 Å². The summed E-state index contributed by atoms with van der Waals surface area (Å²) in [5.41, 5.74) is 2.11. The summed E-state index contributed by atoms with van der Waals surface area (Å²) < 4.78 is 13.6. The lowest BCUT2D eigenvalue weighted by Gasteiger charge is -2.10. The van der Waals surface area contributed by atoms with Crippen LogP contribution >= 0.6 is 0 Å². The highest BCUT2D eigenvalue weighted by Gasteiger charge is 2.12. The van der Waals surface area contributed by atoms with Crippen molar-refractivity contribution >= 4 is 16.9 Å². The van der Waals surface area contributed by atoms with Crippen LogP contribution in [0, 0.1) is 0 Å². The Hall–Kier alpha value is -4.14. The first-order valence-corrected chi connectivity index (χ1v) is 10.6. The first-order valence-electron chi connectivity index (χ1n) is 10.6. The molecule has 1 N–H and O–H groups in total. The number of rotatable bonds is 9. The van der Waals surface area contributed by atoms with E-state index >= 15 is 0 Å². The number of hydrogen-bond acceptors (Lipinski definition) is 6. The lowest BCUT2D eigenvalue weighted by atomic mass is 10.1. The molecule has 2 aromatic carbocycles. The van der Waals surface area contributed by atoms with Crippen LogP contribution in [0.2, 0.25) is 0 Å². The molecule has 0 aliphatic rings. The molecule has 1 amide bonds. The molecule has 4 rings (SSSR count). The Kier molecular flexibility index (Phi) is 6.68. The van der Waals surface area contributed by atoms with Crippen LogP contribution in [-0.2, 0) is 17.8 Å². The van der Waals surface area contributed by atoms with E-state index in [0.717, 1.165) is 11.3 Å². The third-order valence-corrected chi connectivity index (χ3v) is 5.32. The molecule has 9 nitrogen and oxygen atoms in total. The number of aryl methyl sites for hydroxylation is 1. The second-order valence-electron chi connectivity index (χ2n) is 7.41. The van der Waals surface area contributed by atoms with Crippen molar-refractivity contribution < 1.29 is 14.3 Å². The Bertz CT molecular complexity index is 1310. The van der Waals surface area contributed by atoms with Gasteiger partial charge in [-0.3, -0.25) is 14.2 Å². The number of para-hydroxylation sites is 1. The van der Waals surface area contributed by atoms with Crippen LogP contribution in [-0.4, -0.2) is 46.0 Å². The van der Waals surface area contributed by atoms with E-state index in [1.165, 1.54) is 17.1 Å². The largest absolute Gasteiger partial charge is 0.493 e. The van der Waals surface area contributed by atoms with E-state index in [0.29, 0.717) is 35.5 Å². The van der Waals surface area contributed by atoms with Gasteiger partial charge < -0.3 is 14.8 Å². The normalized spacial score (nSPS) is 10.8. The first-order chi connectivity index (χ1) is 16.1. The minimum Gasteiger partial charge on any atom is -0.493 e. The maximum Gasteiger partial charge on any atom is 0.264 e. The number of amides is 1. The molecule has 0 radical (unpaired) electrons. The quantitative estimate of drug-likeness (QED) is 0.423. The molecule has 2 heterocycles. The number of fused-ring (bicyclic) bond motifs is 1. The van der Waals surface area contributed by atoms with Gasteiger partial charge in [0.2, 0.25) is 5.91 Å². The molecule has 0 spiro atoms. The zero-order valence-electron chi connectivity index (χ0n) is 18.5. The summed E-state index contributed by atoms with van der Waals surface area (Å²) in [5.74, 6) is 1.18. The van der Waals surface area contributed by atoms with Crippen molar-refractivity contribution in [3.63, 3.8) is 0 Å². The van der Waals surface area contributed by atoms with Gasteiger partial charge in [0.05, 0.1) is 32.4 Å². The van der Waals surface area contributed by atoms with E-state index in [-0.39, 0.29) is 24.4 Å². The van der Waals surface area contributed by atoms with Gasteiger partial charge in [0.15, 0.2) is 17.1 Å². The minimum atomic E-state index is -0.222. The molecule has 0 aliphatic heterocycles. The molecule has 0 saturated carbocycles. The minimum absolute atomic E-state index is 0.137. The summed E-state index contributed by atoms with van der Waals surface area (Å²) in [6.07, 6.45) is 3.80. The average molecular weight is 447 g/mol. The highest BCUT2D eigenvalue weighted by atomic mass is 16.5. The molecule has 0 bridgehead atoms. The summed E-state index contributed by atoms with van der Waals surface area (Å²) in [6, 6.07) is 15.2.